The van der Waals surface area contributed by atoms with Crippen molar-refractivity contribution in [3.8, 4) is 0 Å². The second-order valence-corrected chi connectivity index (χ2v) is 7.94. The Labute approximate surface area is 154 Å². The highest BCUT2D eigenvalue weighted by atomic mass is 32.2. The number of rotatable bonds is 8. The lowest BCUT2D eigenvalue weighted by Gasteiger charge is -2.23. The molecule has 0 fully saturated rings. The molecule has 0 aliphatic rings. The van der Waals surface area contributed by atoms with E-state index in [1.54, 1.807) is 36.4 Å². The van der Waals surface area contributed by atoms with E-state index in [4.69, 9.17) is 4.74 Å². The lowest BCUT2D eigenvalue weighted by Crippen LogP contribution is -2.37. The SMILES string of the molecule is C=CCOC(=O)C(C(C=C)c1ccccc1)S(=O)(=O)c1ccc(C)cc1. The van der Waals surface area contributed by atoms with Crippen LogP contribution in [-0.2, 0) is 19.4 Å². The van der Waals surface area contributed by atoms with Gasteiger partial charge in [0.2, 0.25) is 0 Å². The number of benzene rings is 2. The van der Waals surface area contributed by atoms with Crippen LogP contribution in [0.1, 0.15) is 17.0 Å². The molecule has 0 bridgehead atoms. The first kappa shape index (κ1) is 19.7. The lowest BCUT2D eigenvalue weighted by atomic mass is 9.95. The predicted octanol–water partition coefficient (Wildman–Crippen LogP) is 3.84. The van der Waals surface area contributed by atoms with Gasteiger partial charge < -0.3 is 4.74 Å². The third-order valence-electron chi connectivity index (χ3n) is 4.02. The van der Waals surface area contributed by atoms with Gasteiger partial charge in [-0.25, -0.2) is 8.42 Å². The monoisotopic (exact) mass is 370 g/mol. The van der Waals surface area contributed by atoms with E-state index in [9.17, 15) is 13.2 Å². The third-order valence-corrected chi connectivity index (χ3v) is 6.11. The predicted molar refractivity (Wildman–Crippen MR) is 103 cm³/mol. The first-order valence-corrected chi connectivity index (χ1v) is 9.72. The maximum atomic E-state index is 13.2. The van der Waals surface area contributed by atoms with Gasteiger partial charge in [0.1, 0.15) is 6.61 Å². The van der Waals surface area contributed by atoms with Crippen LogP contribution in [0.15, 0.2) is 84.8 Å². The van der Waals surface area contributed by atoms with E-state index in [0.29, 0.717) is 5.56 Å². The van der Waals surface area contributed by atoms with E-state index in [1.165, 1.54) is 24.3 Å². The second-order valence-electron chi connectivity index (χ2n) is 5.87. The molecule has 4 nitrogen and oxygen atoms in total. The average molecular weight is 370 g/mol. The van der Waals surface area contributed by atoms with Gasteiger partial charge in [-0.3, -0.25) is 4.79 Å². The molecule has 2 unspecified atom stereocenters. The number of ether oxygens (including phenoxy) is 1. The van der Waals surface area contributed by atoms with Crippen molar-refractivity contribution in [3.63, 3.8) is 0 Å². The van der Waals surface area contributed by atoms with Crippen LogP contribution >= 0.6 is 0 Å². The number of hydrogen-bond donors (Lipinski definition) is 0. The van der Waals surface area contributed by atoms with Crippen molar-refractivity contribution < 1.29 is 17.9 Å². The summed E-state index contributed by atoms with van der Waals surface area (Å²) in [5.41, 5.74) is 1.61. The maximum absolute atomic E-state index is 13.2. The van der Waals surface area contributed by atoms with Gasteiger partial charge >= 0.3 is 5.97 Å². The van der Waals surface area contributed by atoms with E-state index in [1.807, 2.05) is 13.0 Å². The molecule has 136 valence electrons. The van der Waals surface area contributed by atoms with Crippen LogP contribution in [0.5, 0.6) is 0 Å². The molecule has 5 heteroatoms. The van der Waals surface area contributed by atoms with Crippen LogP contribution < -0.4 is 0 Å². The Balaban J connectivity index is 2.55. The van der Waals surface area contributed by atoms with E-state index in [-0.39, 0.29) is 11.5 Å². The summed E-state index contributed by atoms with van der Waals surface area (Å²) in [5.74, 6) is -1.56. The first-order chi connectivity index (χ1) is 12.4. The normalized spacial score (nSPS) is 13.4. The Kier molecular flexibility index (Phi) is 6.52. The quantitative estimate of drug-likeness (QED) is 0.523. The van der Waals surface area contributed by atoms with Crippen molar-refractivity contribution in [1.82, 2.24) is 0 Å². The molecular weight excluding hydrogens is 348 g/mol. The summed E-state index contributed by atoms with van der Waals surface area (Å²) < 4.78 is 31.6. The topological polar surface area (TPSA) is 60.4 Å². The summed E-state index contributed by atoms with van der Waals surface area (Å²) in [4.78, 5) is 12.7. The fraction of sp³-hybridized carbons (Fsp3) is 0.190. The van der Waals surface area contributed by atoms with Gasteiger partial charge in [-0.15, -0.1) is 6.58 Å². The van der Waals surface area contributed by atoms with Crippen molar-refractivity contribution in [3.05, 3.63) is 91.0 Å². The van der Waals surface area contributed by atoms with E-state index >= 15 is 0 Å². The number of allylic oxidation sites excluding steroid dienone is 1. The highest BCUT2D eigenvalue weighted by molar-refractivity contribution is 7.92. The molecule has 0 aliphatic carbocycles. The fourth-order valence-electron chi connectivity index (χ4n) is 2.67. The molecular formula is C21H22O4S. The zero-order valence-electron chi connectivity index (χ0n) is 14.7. The molecule has 2 aromatic rings. The van der Waals surface area contributed by atoms with Crippen LogP contribution in [0.4, 0.5) is 0 Å². The van der Waals surface area contributed by atoms with Crippen LogP contribution in [0.25, 0.3) is 0 Å². The minimum Gasteiger partial charge on any atom is -0.460 e. The molecule has 26 heavy (non-hydrogen) atoms. The van der Waals surface area contributed by atoms with Gasteiger partial charge in [-0.2, -0.15) is 0 Å². The second kappa shape index (κ2) is 8.63. The Morgan fingerprint density at radius 1 is 1.08 bits per heavy atom. The smallest absolute Gasteiger partial charge is 0.326 e. The van der Waals surface area contributed by atoms with Gasteiger partial charge in [0.15, 0.2) is 15.1 Å². The third kappa shape index (κ3) is 4.29. The minimum atomic E-state index is -3.99. The summed E-state index contributed by atoms with van der Waals surface area (Å²) in [6.07, 6.45) is 2.87. The molecule has 0 amide bonds. The Bertz CT molecular complexity index is 868. The minimum absolute atomic E-state index is 0.0581. The van der Waals surface area contributed by atoms with E-state index < -0.39 is 27.0 Å². The summed E-state index contributed by atoms with van der Waals surface area (Å²) in [6, 6.07) is 15.3. The van der Waals surface area contributed by atoms with Crippen molar-refractivity contribution in [2.24, 2.45) is 0 Å². The number of carbonyl (C=O) groups is 1. The summed E-state index contributed by atoms with van der Waals surface area (Å²) in [5, 5.41) is -1.43. The molecule has 0 aliphatic heterocycles. The van der Waals surface area contributed by atoms with E-state index in [0.717, 1.165) is 5.56 Å². The average Bonchev–Trinajstić information content (AvgIpc) is 2.65. The van der Waals surface area contributed by atoms with Gasteiger partial charge in [-0.05, 0) is 24.6 Å². The number of esters is 1. The summed E-state index contributed by atoms with van der Waals surface area (Å²) >= 11 is 0. The Morgan fingerprint density at radius 3 is 2.23 bits per heavy atom. The molecule has 2 rings (SSSR count). The molecule has 0 saturated carbocycles. The lowest BCUT2D eigenvalue weighted by molar-refractivity contribution is -0.142. The molecule has 2 atom stereocenters. The number of hydrogen-bond acceptors (Lipinski definition) is 4. The van der Waals surface area contributed by atoms with Crippen LogP contribution in [0, 0.1) is 6.92 Å². The zero-order chi connectivity index (χ0) is 19.2. The van der Waals surface area contributed by atoms with Gasteiger partial charge in [-0.1, -0.05) is 66.8 Å². The van der Waals surface area contributed by atoms with Crippen LogP contribution in [-0.4, -0.2) is 26.2 Å². The van der Waals surface area contributed by atoms with Crippen molar-refractivity contribution >= 4 is 15.8 Å². The highest BCUT2D eigenvalue weighted by Gasteiger charge is 2.41. The van der Waals surface area contributed by atoms with Crippen molar-refractivity contribution in [1.29, 1.82) is 0 Å². The van der Waals surface area contributed by atoms with Gasteiger partial charge in [0.25, 0.3) is 0 Å². The zero-order valence-corrected chi connectivity index (χ0v) is 15.5. The van der Waals surface area contributed by atoms with Crippen LogP contribution in [0.3, 0.4) is 0 Å². The summed E-state index contributed by atoms with van der Waals surface area (Å²) in [7, 11) is -3.99. The maximum Gasteiger partial charge on any atom is 0.326 e. The largest absolute Gasteiger partial charge is 0.460 e. The number of aryl methyl sites for hydroxylation is 1. The Morgan fingerprint density at radius 2 is 1.69 bits per heavy atom. The molecule has 0 saturated heterocycles. The molecule has 0 radical (unpaired) electrons. The highest BCUT2D eigenvalue weighted by Crippen LogP contribution is 2.31. The van der Waals surface area contributed by atoms with Crippen molar-refractivity contribution in [2.45, 2.75) is 23.0 Å². The molecule has 0 heterocycles. The van der Waals surface area contributed by atoms with Gasteiger partial charge in [0.05, 0.1) is 4.90 Å². The molecule has 0 spiro atoms. The first-order valence-electron chi connectivity index (χ1n) is 8.17. The molecule has 2 aromatic carbocycles. The number of sulfone groups is 1. The Hall–Kier alpha value is -2.66. The fourth-order valence-corrected chi connectivity index (χ4v) is 4.46. The van der Waals surface area contributed by atoms with E-state index in [2.05, 4.69) is 13.2 Å². The summed E-state index contributed by atoms with van der Waals surface area (Å²) in [6.45, 7) is 9.05. The van der Waals surface area contributed by atoms with Crippen molar-refractivity contribution in [2.75, 3.05) is 6.61 Å². The standard InChI is InChI=1S/C21H22O4S/c1-4-15-25-21(22)20(19(5-2)17-9-7-6-8-10-17)26(23,24)18-13-11-16(3)12-14-18/h4-14,19-20H,1-2,15H2,3H3. The van der Waals surface area contributed by atoms with Gasteiger partial charge in [0, 0.05) is 5.92 Å². The molecule has 0 N–H and O–H groups in total. The molecule has 0 aromatic heterocycles. The van der Waals surface area contributed by atoms with Crippen LogP contribution in [0.2, 0.25) is 0 Å². The number of carbonyl (C=O) groups excluding carboxylic acids is 1.